The molecule has 3 rings (SSSR count). The third-order valence-corrected chi connectivity index (χ3v) is 5.37. The van der Waals surface area contributed by atoms with Gasteiger partial charge in [-0.15, -0.1) is 0 Å². The summed E-state index contributed by atoms with van der Waals surface area (Å²) in [5.41, 5.74) is 0.677. The molecule has 1 aromatic carbocycles. The molecule has 2 heterocycles. The Morgan fingerprint density at radius 3 is 2.30 bits per heavy atom. The van der Waals surface area contributed by atoms with Crippen molar-refractivity contribution in [2.45, 2.75) is 26.7 Å². The van der Waals surface area contributed by atoms with E-state index in [0.29, 0.717) is 56.5 Å². The fraction of sp³-hybridized carbons (Fsp3) is 0.571. The van der Waals surface area contributed by atoms with Gasteiger partial charge in [0.25, 0.3) is 5.91 Å². The molecule has 27 heavy (non-hydrogen) atoms. The molecule has 2 aliphatic rings. The number of rotatable bonds is 5. The zero-order valence-electron chi connectivity index (χ0n) is 16.3. The summed E-state index contributed by atoms with van der Waals surface area (Å²) in [6.07, 6.45) is 1.58. The van der Waals surface area contributed by atoms with Gasteiger partial charge in [0.2, 0.25) is 11.8 Å². The van der Waals surface area contributed by atoms with Gasteiger partial charge in [0.1, 0.15) is 0 Å². The maximum absolute atomic E-state index is 12.6. The number of carbonyl (C=O) groups is 3. The maximum Gasteiger partial charge on any atom is 0.253 e. The second-order valence-corrected chi connectivity index (χ2v) is 8.01. The van der Waals surface area contributed by atoms with E-state index in [1.807, 2.05) is 30.3 Å². The van der Waals surface area contributed by atoms with Crippen LogP contribution in [0.2, 0.25) is 0 Å². The third kappa shape index (κ3) is 4.87. The fourth-order valence-corrected chi connectivity index (χ4v) is 4.02. The summed E-state index contributed by atoms with van der Waals surface area (Å²) < 4.78 is 0. The first-order chi connectivity index (χ1) is 12.9. The van der Waals surface area contributed by atoms with E-state index in [2.05, 4.69) is 13.8 Å². The number of hydrogen-bond acceptors (Lipinski definition) is 3. The highest BCUT2D eigenvalue weighted by Crippen LogP contribution is 2.24. The van der Waals surface area contributed by atoms with Crippen LogP contribution >= 0.6 is 0 Å². The molecule has 2 fully saturated rings. The average Bonchev–Trinajstić information content (AvgIpc) is 3.00. The molecule has 0 aromatic heterocycles. The number of hydrogen-bond donors (Lipinski definition) is 0. The van der Waals surface area contributed by atoms with Crippen LogP contribution in [-0.2, 0) is 9.59 Å². The normalized spacial score (nSPS) is 20.5. The van der Waals surface area contributed by atoms with Crippen LogP contribution in [0, 0.1) is 11.8 Å². The minimum atomic E-state index is -0.0136. The molecular formula is C21H29N3O3. The molecule has 0 spiro atoms. The van der Waals surface area contributed by atoms with Crippen molar-refractivity contribution in [2.75, 3.05) is 39.3 Å². The number of nitrogens with zero attached hydrogens (tertiary/aromatic N) is 3. The van der Waals surface area contributed by atoms with Crippen LogP contribution in [0.4, 0.5) is 0 Å². The van der Waals surface area contributed by atoms with E-state index in [1.165, 1.54) is 0 Å². The first kappa shape index (κ1) is 19.4. The van der Waals surface area contributed by atoms with Crippen LogP contribution in [0.25, 0.3) is 0 Å². The van der Waals surface area contributed by atoms with Crippen molar-refractivity contribution in [3.63, 3.8) is 0 Å². The van der Waals surface area contributed by atoms with Gasteiger partial charge in [-0.2, -0.15) is 0 Å². The second kappa shape index (κ2) is 8.55. The average molecular weight is 371 g/mol. The summed E-state index contributed by atoms with van der Waals surface area (Å²) >= 11 is 0. The summed E-state index contributed by atoms with van der Waals surface area (Å²) in [5.74, 6) is 1.01. The van der Waals surface area contributed by atoms with Crippen molar-refractivity contribution in [2.24, 2.45) is 11.8 Å². The van der Waals surface area contributed by atoms with E-state index in [0.717, 1.165) is 6.42 Å². The van der Waals surface area contributed by atoms with Gasteiger partial charge in [-0.25, -0.2) is 0 Å². The number of benzene rings is 1. The summed E-state index contributed by atoms with van der Waals surface area (Å²) in [7, 11) is 0. The Hall–Kier alpha value is -2.37. The van der Waals surface area contributed by atoms with Crippen LogP contribution in [0.15, 0.2) is 30.3 Å². The minimum absolute atomic E-state index is 0.00828. The highest BCUT2D eigenvalue weighted by Gasteiger charge is 2.33. The molecule has 0 N–H and O–H groups in total. The van der Waals surface area contributed by atoms with E-state index in [4.69, 9.17) is 0 Å². The van der Waals surface area contributed by atoms with Crippen LogP contribution in [-0.4, -0.2) is 71.7 Å². The first-order valence-electron chi connectivity index (χ1n) is 9.84. The molecule has 0 aliphatic carbocycles. The van der Waals surface area contributed by atoms with E-state index in [9.17, 15) is 14.4 Å². The summed E-state index contributed by atoms with van der Waals surface area (Å²) in [5, 5.41) is 0. The highest BCUT2D eigenvalue weighted by atomic mass is 16.2. The van der Waals surface area contributed by atoms with Gasteiger partial charge in [0, 0.05) is 44.7 Å². The van der Waals surface area contributed by atoms with Crippen LogP contribution in [0.5, 0.6) is 0 Å². The Morgan fingerprint density at radius 1 is 1.04 bits per heavy atom. The molecule has 1 atom stereocenters. The summed E-state index contributed by atoms with van der Waals surface area (Å²) in [6, 6.07) is 9.22. The zero-order chi connectivity index (χ0) is 19.4. The standard InChI is InChI=1S/C21H29N3O3/c1-16(2)12-17-13-19(25)24(14-17)15-20(26)22-8-10-23(11-9-22)21(27)18-6-4-3-5-7-18/h3-7,16-17H,8-15H2,1-2H3/t17-/m0/s1. The SMILES string of the molecule is CC(C)C[C@H]1CC(=O)N(CC(=O)N2CCN(C(=O)c3ccccc3)CC2)C1. The molecule has 146 valence electrons. The largest absolute Gasteiger partial charge is 0.338 e. The van der Waals surface area contributed by atoms with Gasteiger partial charge in [0.05, 0.1) is 6.54 Å². The minimum Gasteiger partial charge on any atom is -0.338 e. The van der Waals surface area contributed by atoms with Crippen molar-refractivity contribution < 1.29 is 14.4 Å². The first-order valence-corrected chi connectivity index (χ1v) is 9.84. The van der Waals surface area contributed by atoms with Crippen molar-refractivity contribution in [3.05, 3.63) is 35.9 Å². The second-order valence-electron chi connectivity index (χ2n) is 8.01. The number of piperazine rings is 1. The van der Waals surface area contributed by atoms with Gasteiger partial charge >= 0.3 is 0 Å². The molecule has 6 heteroatoms. The van der Waals surface area contributed by atoms with Crippen LogP contribution in [0.3, 0.4) is 0 Å². The fourth-order valence-electron chi connectivity index (χ4n) is 4.02. The molecule has 2 aliphatic heterocycles. The van der Waals surface area contributed by atoms with Gasteiger partial charge < -0.3 is 14.7 Å². The quantitative estimate of drug-likeness (QED) is 0.794. The van der Waals surface area contributed by atoms with Crippen LogP contribution in [0.1, 0.15) is 37.0 Å². The molecule has 0 radical (unpaired) electrons. The molecule has 3 amide bonds. The lowest BCUT2D eigenvalue weighted by atomic mass is 9.96. The lowest BCUT2D eigenvalue weighted by molar-refractivity contribution is -0.139. The summed E-state index contributed by atoms with van der Waals surface area (Å²) in [4.78, 5) is 42.6. The Kier molecular flexibility index (Phi) is 6.14. The van der Waals surface area contributed by atoms with Crippen LogP contribution < -0.4 is 0 Å². The molecule has 0 bridgehead atoms. The Balaban J connectivity index is 1.47. The van der Waals surface area contributed by atoms with Crippen molar-refractivity contribution >= 4 is 17.7 Å². The van der Waals surface area contributed by atoms with Gasteiger partial charge in [-0.05, 0) is 30.4 Å². The van der Waals surface area contributed by atoms with E-state index < -0.39 is 0 Å². The predicted molar refractivity (Wildman–Crippen MR) is 103 cm³/mol. The van der Waals surface area contributed by atoms with Gasteiger partial charge in [-0.1, -0.05) is 32.0 Å². The van der Waals surface area contributed by atoms with Crippen molar-refractivity contribution in [3.8, 4) is 0 Å². The van der Waals surface area contributed by atoms with Crippen molar-refractivity contribution in [1.82, 2.24) is 14.7 Å². The number of amides is 3. The van der Waals surface area contributed by atoms with E-state index in [-0.39, 0.29) is 24.3 Å². The van der Waals surface area contributed by atoms with Gasteiger partial charge in [0.15, 0.2) is 0 Å². The molecule has 1 aromatic rings. The van der Waals surface area contributed by atoms with E-state index in [1.54, 1.807) is 14.7 Å². The predicted octanol–water partition coefficient (Wildman–Crippen LogP) is 1.87. The van der Waals surface area contributed by atoms with Crippen molar-refractivity contribution in [1.29, 1.82) is 0 Å². The lowest BCUT2D eigenvalue weighted by Gasteiger charge is -2.35. The Bertz CT molecular complexity index is 681. The molecule has 2 saturated heterocycles. The molecule has 0 unspecified atom stereocenters. The zero-order valence-corrected chi connectivity index (χ0v) is 16.3. The smallest absolute Gasteiger partial charge is 0.253 e. The van der Waals surface area contributed by atoms with E-state index >= 15 is 0 Å². The monoisotopic (exact) mass is 371 g/mol. The maximum atomic E-state index is 12.6. The molecular weight excluding hydrogens is 342 g/mol. The van der Waals surface area contributed by atoms with Gasteiger partial charge in [-0.3, -0.25) is 14.4 Å². The number of carbonyl (C=O) groups excluding carboxylic acids is 3. The number of likely N-dealkylation sites (tertiary alicyclic amines) is 1. The topological polar surface area (TPSA) is 60.9 Å². The Morgan fingerprint density at radius 2 is 1.67 bits per heavy atom. The summed E-state index contributed by atoms with van der Waals surface area (Å²) in [6.45, 7) is 7.29. The Labute approximate surface area is 161 Å². The third-order valence-electron chi connectivity index (χ3n) is 5.37. The molecule has 0 saturated carbocycles. The molecule has 6 nitrogen and oxygen atoms in total. The lowest BCUT2D eigenvalue weighted by Crippen LogP contribution is -2.52. The highest BCUT2D eigenvalue weighted by molar-refractivity contribution is 5.94.